The van der Waals surface area contributed by atoms with Crippen LogP contribution in [-0.2, 0) is 16.4 Å². The third-order valence-electron chi connectivity index (χ3n) is 4.06. The van der Waals surface area contributed by atoms with E-state index in [4.69, 9.17) is 0 Å². The zero-order chi connectivity index (χ0) is 18.1. The van der Waals surface area contributed by atoms with Crippen molar-refractivity contribution in [3.05, 3.63) is 83.0 Å². The Labute approximate surface area is 148 Å². The Bertz CT molecular complexity index is 1230. The van der Waals surface area contributed by atoms with Crippen molar-refractivity contribution >= 4 is 20.6 Å². The lowest BCUT2D eigenvalue weighted by molar-refractivity contribution is 0.596. The molecule has 0 saturated heterocycles. The summed E-state index contributed by atoms with van der Waals surface area (Å²) < 4.78 is 26.7. The summed E-state index contributed by atoms with van der Waals surface area (Å²) in [5, 5.41) is 11.7. The standard InChI is InChI=1S/C18H14N4O3S/c23-18-17-7-6-16(26(24,25)15-4-2-1-3-5-15)10-13(17)11-20-22(18)12-14-8-9-19-21-14/h1-11H,12H2,(H,19,21). The van der Waals surface area contributed by atoms with Crippen LogP contribution in [0.3, 0.4) is 0 Å². The molecule has 130 valence electrons. The minimum atomic E-state index is -3.65. The van der Waals surface area contributed by atoms with Crippen molar-refractivity contribution in [1.29, 1.82) is 0 Å². The molecule has 8 heteroatoms. The molecule has 0 bridgehead atoms. The zero-order valence-corrected chi connectivity index (χ0v) is 14.3. The van der Waals surface area contributed by atoms with Crippen LogP contribution in [-0.4, -0.2) is 28.4 Å². The number of nitrogens with zero attached hydrogens (tertiary/aromatic N) is 3. The van der Waals surface area contributed by atoms with E-state index in [1.54, 1.807) is 42.6 Å². The van der Waals surface area contributed by atoms with Gasteiger partial charge < -0.3 is 0 Å². The molecule has 1 N–H and O–H groups in total. The van der Waals surface area contributed by atoms with E-state index in [-0.39, 0.29) is 21.9 Å². The maximum absolute atomic E-state index is 12.7. The first kappa shape index (κ1) is 16.2. The fourth-order valence-electron chi connectivity index (χ4n) is 2.71. The summed E-state index contributed by atoms with van der Waals surface area (Å²) in [5.41, 5.74) is 0.386. The van der Waals surface area contributed by atoms with Gasteiger partial charge in [0.15, 0.2) is 0 Å². The topological polar surface area (TPSA) is 97.7 Å². The number of nitrogens with one attached hydrogen (secondary N) is 1. The maximum atomic E-state index is 12.7. The number of hydrogen-bond donors (Lipinski definition) is 1. The van der Waals surface area contributed by atoms with Crippen molar-refractivity contribution in [3.8, 4) is 0 Å². The van der Waals surface area contributed by atoms with Crippen molar-refractivity contribution in [1.82, 2.24) is 20.0 Å². The second kappa shape index (κ2) is 6.23. The van der Waals surface area contributed by atoms with Gasteiger partial charge in [-0.1, -0.05) is 18.2 Å². The molecule has 0 fully saturated rings. The molecule has 0 aliphatic carbocycles. The summed E-state index contributed by atoms with van der Waals surface area (Å²) in [4.78, 5) is 12.9. The van der Waals surface area contributed by atoms with E-state index < -0.39 is 9.84 Å². The number of benzene rings is 2. The molecule has 2 aromatic heterocycles. The smallest absolute Gasteiger partial charge is 0.274 e. The van der Waals surface area contributed by atoms with E-state index >= 15 is 0 Å². The van der Waals surface area contributed by atoms with Crippen molar-refractivity contribution in [2.24, 2.45) is 0 Å². The van der Waals surface area contributed by atoms with Crippen LogP contribution in [0.4, 0.5) is 0 Å². The first-order chi connectivity index (χ1) is 12.6. The zero-order valence-electron chi connectivity index (χ0n) is 13.5. The number of H-pyrrole nitrogens is 1. The molecular weight excluding hydrogens is 352 g/mol. The predicted octanol–water partition coefficient (Wildman–Crippen LogP) is 2.00. The molecule has 2 heterocycles. The van der Waals surface area contributed by atoms with Crippen LogP contribution in [0.15, 0.2) is 81.6 Å². The van der Waals surface area contributed by atoms with E-state index in [2.05, 4.69) is 15.3 Å². The van der Waals surface area contributed by atoms with Gasteiger partial charge in [-0.05, 0) is 36.4 Å². The SMILES string of the molecule is O=c1c2ccc(S(=O)(=O)c3ccccc3)cc2cnn1Cc1cc[nH]n1. The Morgan fingerprint density at radius 2 is 1.81 bits per heavy atom. The first-order valence-corrected chi connectivity index (χ1v) is 9.33. The van der Waals surface area contributed by atoms with Crippen LogP contribution >= 0.6 is 0 Å². The van der Waals surface area contributed by atoms with E-state index in [1.807, 2.05) is 0 Å². The van der Waals surface area contributed by atoms with Crippen LogP contribution in [0.25, 0.3) is 10.8 Å². The highest BCUT2D eigenvalue weighted by Gasteiger charge is 2.18. The number of aromatic amines is 1. The minimum absolute atomic E-state index is 0.127. The predicted molar refractivity (Wildman–Crippen MR) is 95.6 cm³/mol. The van der Waals surface area contributed by atoms with Gasteiger partial charge in [-0.25, -0.2) is 13.1 Å². The highest BCUT2D eigenvalue weighted by atomic mass is 32.2. The third-order valence-corrected chi connectivity index (χ3v) is 5.83. The second-order valence-electron chi connectivity index (χ2n) is 5.74. The monoisotopic (exact) mass is 366 g/mol. The van der Waals surface area contributed by atoms with E-state index in [0.29, 0.717) is 16.5 Å². The molecule has 0 atom stereocenters. The van der Waals surface area contributed by atoms with Gasteiger partial charge in [-0.3, -0.25) is 9.89 Å². The fourth-order valence-corrected chi connectivity index (χ4v) is 4.03. The number of fused-ring (bicyclic) bond motifs is 1. The van der Waals surface area contributed by atoms with Gasteiger partial charge in [0.05, 0.1) is 33.6 Å². The molecule has 0 unspecified atom stereocenters. The Hall–Kier alpha value is -3.26. The van der Waals surface area contributed by atoms with Gasteiger partial charge in [0, 0.05) is 11.6 Å². The summed E-state index contributed by atoms with van der Waals surface area (Å²) in [6.45, 7) is 0.238. The molecular formula is C18H14N4O3S. The number of hydrogen-bond acceptors (Lipinski definition) is 5. The van der Waals surface area contributed by atoms with Crippen LogP contribution < -0.4 is 5.56 Å². The van der Waals surface area contributed by atoms with Gasteiger partial charge in [-0.15, -0.1) is 0 Å². The van der Waals surface area contributed by atoms with Gasteiger partial charge in [0.1, 0.15) is 0 Å². The van der Waals surface area contributed by atoms with E-state index in [9.17, 15) is 13.2 Å². The van der Waals surface area contributed by atoms with Crippen molar-refractivity contribution < 1.29 is 8.42 Å². The number of aromatic nitrogens is 4. The average Bonchev–Trinajstić information content (AvgIpc) is 3.17. The van der Waals surface area contributed by atoms with Crippen molar-refractivity contribution in [2.75, 3.05) is 0 Å². The van der Waals surface area contributed by atoms with Crippen LogP contribution in [0.5, 0.6) is 0 Å². The van der Waals surface area contributed by atoms with Crippen LogP contribution in [0, 0.1) is 0 Å². The summed E-state index contributed by atoms with van der Waals surface area (Å²) in [7, 11) is -3.65. The number of rotatable bonds is 4. The van der Waals surface area contributed by atoms with Crippen LogP contribution in [0.1, 0.15) is 5.69 Å². The molecule has 7 nitrogen and oxygen atoms in total. The number of sulfone groups is 1. The molecule has 2 aromatic carbocycles. The van der Waals surface area contributed by atoms with Gasteiger partial charge in [-0.2, -0.15) is 10.2 Å². The molecule has 0 aliphatic rings. The summed E-state index contributed by atoms with van der Waals surface area (Å²) in [6.07, 6.45) is 3.16. The Morgan fingerprint density at radius 3 is 2.54 bits per heavy atom. The molecule has 0 amide bonds. The van der Waals surface area contributed by atoms with E-state index in [1.165, 1.54) is 29.1 Å². The summed E-state index contributed by atoms with van der Waals surface area (Å²) >= 11 is 0. The molecule has 0 radical (unpaired) electrons. The molecule has 4 aromatic rings. The van der Waals surface area contributed by atoms with Gasteiger partial charge >= 0.3 is 0 Å². The average molecular weight is 366 g/mol. The molecule has 0 aliphatic heterocycles. The first-order valence-electron chi connectivity index (χ1n) is 7.84. The highest BCUT2D eigenvalue weighted by molar-refractivity contribution is 7.91. The largest absolute Gasteiger partial charge is 0.285 e. The molecule has 0 saturated carbocycles. The molecule has 4 rings (SSSR count). The summed E-state index contributed by atoms with van der Waals surface area (Å²) in [6, 6.07) is 14.4. The Balaban J connectivity index is 1.78. The normalized spacial score (nSPS) is 11.7. The minimum Gasteiger partial charge on any atom is -0.285 e. The van der Waals surface area contributed by atoms with Gasteiger partial charge in [0.2, 0.25) is 9.84 Å². The van der Waals surface area contributed by atoms with Gasteiger partial charge in [0.25, 0.3) is 5.56 Å². The molecule has 26 heavy (non-hydrogen) atoms. The third kappa shape index (κ3) is 2.80. The lowest BCUT2D eigenvalue weighted by Crippen LogP contribution is -2.23. The Morgan fingerprint density at radius 1 is 1.00 bits per heavy atom. The lowest BCUT2D eigenvalue weighted by atomic mass is 10.2. The summed E-state index contributed by atoms with van der Waals surface area (Å²) in [5.74, 6) is 0. The lowest BCUT2D eigenvalue weighted by Gasteiger charge is -2.07. The van der Waals surface area contributed by atoms with E-state index in [0.717, 1.165) is 0 Å². The second-order valence-corrected chi connectivity index (χ2v) is 7.69. The van der Waals surface area contributed by atoms with Crippen molar-refractivity contribution in [3.63, 3.8) is 0 Å². The molecule has 0 spiro atoms. The Kier molecular flexibility index (Phi) is 3.89. The fraction of sp³-hybridized carbons (Fsp3) is 0.0556. The quantitative estimate of drug-likeness (QED) is 0.596. The maximum Gasteiger partial charge on any atom is 0.274 e. The highest BCUT2D eigenvalue weighted by Crippen LogP contribution is 2.23. The van der Waals surface area contributed by atoms with Crippen molar-refractivity contribution in [2.45, 2.75) is 16.3 Å². The van der Waals surface area contributed by atoms with Crippen LogP contribution in [0.2, 0.25) is 0 Å².